The number of halogens is 1. The van der Waals surface area contributed by atoms with Crippen molar-refractivity contribution in [3.8, 4) is 5.75 Å². The number of fused-ring (bicyclic) bond motifs is 3. The summed E-state index contributed by atoms with van der Waals surface area (Å²) in [7, 11) is 6.53. The number of ketones is 2. The normalized spacial score (nSPS) is 24.2. The minimum absolute atomic E-state index is 0.0394. The number of hydrogen-bond acceptors (Lipinski definition) is 10. The second-order valence-electron chi connectivity index (χ2n) is 12.0. The average Bonchev–Trinajstić information content (AvgIpc) is 2.93. The lowest BCUT2D eigenvalue weighted by molar-refractivity contribution is -0.153. The van der Waals surface area contributed by atoms with Gasteiger partial charge in [-0.2, -0.15) is 0 Å². The highest BCUT2D eigenvalue weighted by Crippen LogP contribution is 2.54. The number of nitrogens with one attached hydrogen (secondary N) is 2. The molecule has 0 aliphatic heterocycles. The Morgan fingerprint density at radius 1 is 1.04 bits per heavy atom. The highest BCUT2D eigenvalue weighted by atomic mass is 35.5. The summed E-state index contributed by atoms with van der Waals surface area (Å²) in [4.78, 5) is 55.7. The fourth-order valence-electron chi connectivity index (χ4n) is 6.83. The van der Waals surface area contributed by atoms with Crippen molar-refractivity contribution in [2.75, 3.05) is 43.7 Å². The van der Waals surface area contributed by atoms with E-state index in [1.54, 1.807) is 44.1 Å². The van der Waals surface area contributed by atoms with Gasteiger partial charge in [-0.3, -0.25) is 19.3 Å². The van der Waals surface area contributed by atoms with Crippen molar-refractivity contribution in [3.05, 3.63) is 62.9 Å². The van der Waals surface area contributed by atoms with Crippen molar-refractivity contribution in [3.63, 3.8) is 0 Å². The van der Waals surface area contributed by atoms with Gasteiger partial charge in [0.15, 0.2) is 17.1 Å². The molecule has 3 aliphatic carbocycles. The number of anilines is 3. The van der Waals surface area contributed by atoms with Gasteiger partial charge in [0.05, 0.1) is 17.3 Å². The molecule has 0 saturated heterocycles. The number of primary amides is 1. The molecule has 1 fully saturated rings. The van der Waals surface area contributed by atoms with Crippen molar-refractivity contribution in [1.29, 1.82) is 0 Å². The summed E-state index contributed by atoms with van der Waals surface area (Å²) in [6.45, 7) is 1.75. The Kier molecular flexibility index (Phi) is 7.84. The smallest absolute Gasteiger partial charge is 0.323 e. The summed E-state index contributed by atoms with van der Waals surface area (Å²) in [6, 6.07) is 4.53. The van der Waals surface area contributed by atoms with E-state index in [4.69, 9.17) is 17.3 Å². The van der Waals surface area contributed by atoms with Gasteiger partial charge in [0.1, 0.15) is 17.1 Å². The molecule has 0 heterocycles. The van der Waals surface area contributed by atoms with Gasteiger partial charge in [0.25, 0.3) is 5.91 Å². The minimum atomic E-state index is -2.75. The summed E-state index contributed by atoms with van der Waals surface area (Å²) < 4.78 is 0. The molecule has 8 N–H and O–H groups in total. The van der Waals surface area contributed by atoms with Crippen LogP contribution in [0.4, 0.5) is 21.9 Å². The first-order valence-electron chi connectivity index (χ1n) is 14.1. The van der Waals surface area contributed by atoms with E-state index in [0.717, 1.165) is 0 Å². The summed E-state index contributed by atoms with van der Waals surface area (Å²) >= 11 is 6.01. The van der Waals surface area contributed by atoms with Crippen LogP contribution in [0, 0.1) is 18.8 Å². The van der Waals surface area contributed by atoms with Crippen LogP contribution >= 0.6 is 11.6 Å². The van der Waals surface area contributed by atoms with Gasteiger partial charge in [-0.25, -0.2) is 4.79 Å². The summed E-state index contributed by atoms with van der Waals surface area (Å²) in [5, 5.41) is 51.6. The molecule has 4 atom stereocenters. The Labute approximate surface area is 263 Å². The number of likely N-dealkylation sites (N-methyl/N-ethyl adjacent to an activating group) is 1. The average molecular weight is 640 g/mol. The molecular formula is C31H34ClN5O8. The molecule has 0 unspecified atom stereocenters. The van der Waals surface area contributed by atoms with E-state index in [9.17, 15) is 39.6 Å². The number of hydrogen-bond donors (Lipinski definition) is 7. The predicted octanol–water partition coefficient (Wildman–Crippen LogP) is 2.64. The lowest BCUT2D eigenvalue weighted by Crippen LogP contribution is -2.65. The zero-order valence-corrected chi connectivity index (χ0v) is 26.0. The van der Waals surface area contributed by atoms with Gasteiger partial charge in [-0.1, -0.05) is 11.6 Å². The van der Waals surface area contributed by atoms with Crippen LogP contribution in [0.25, 0.3) is 5.76 Å². The van der Waals surface area contributed by atoms with E-state index >= 15 is 0 Å². The number of phenols is 1. The molecule has 3 aliphatic rings. The largest absolute Gasteiger partial charge is 0.508 e. The zero-order chi connectivity index (χ0) is 33.3. The number of carbonyl (C=O) groups is 4. The number of phenolic OH excluding ortho intramolecular Hbond substituents is 1. The number of aliphatic hydroxyl groups excluding tert-OH is 2. The molecule has 0 aromatic heterocycles. The third kappa shape index (κ3) is 4.87. The molecule has 0 radical (unpaired) electrons. The number of rotatable bonds is 5. The highest BCUT2D eigenvalue weighted by molar-refractivity contribution is 6.30. The Balaban J connectivity index is 1.63. The van der Waals surface area contributed by atoms with E-state index in [-0.39, 0.29) is 29.7 Å². The Morgan fingerprint density at radius 2 is 1.69 bits per heavy atom. The lowest BCUT2D eigenvalue weighted by atomic mass is 9.57. The van der Waals surface area contributed by atoms with Gasteiger partial charge < -0.3 is 41.7 Å². The molecule has 3 amide bonds. The number of nitrogens with zero attached hydrogens (tertiary/aromatic N) is 2. The Morgan fingerprint density at radius 3 is 2.27 bits per heavy atom. The van der Waals surface area contributed by atoms with Crippen LogP contribution in [0.2, 0.25) is 5.02 Å². The summed E-state index contributed by atoms with van der Waals surface area (Å²) in [5.41, 5.74) is 3.36. The number of urea groups is 1. The first-order chi connectivity index (χ1) is 21.0. The molecular weight excluding hydrogens is 606 g/mol. The number of amides is 3. The van der Waals surface area contributed by atoms with Crippen molar-refractivity contribution in [1.82, 2.24) is 4.90 Å². The van der Waals surface area contributed by atoms with E-state index in [0.29, 0.717) is 27.5 Å². The molecule has 0 bridgehead atoms. The summed E-state index contributed by atoms with van der Waals surface area (Å²) in [6.07, 6.45) is 0.0638. The number of carbonyl (C=O) groups excluding carboxylic acids is 4. The van der Waals surface area contributed by atoms with Gasteiger partial charge >= 0.3 is 6.03 Å². The molecule has 238 valence electrons. The second kappa shape index (κ2) is 11.1. The fraction of sp³-hybridized carbons (Fsp3) is 0.355. The first-order valence-corrected chi connectivity index (χ1v) is 14.4. The SMILES string of the molecule is Cc1cc(Cl)ccc1NC(=O)Nc1cc(N(C)C)c2c(c1O)C(O)=C1C(=O)[C@]3(O)C(O)=C(C(N)=O)C(=O)[C@@H](N(C)C)[C@@H]3C[C@@H]1C2. The number of aromatic hydroxyl groups is 1. The monoisotopic (exact) mass is 639 g/mol. The highest BCUT2D eigenvalue weighted by Gasteiger charge is 2.64. The fourth-order valence-corrected chi connectivity index (χ4v) is 7.06. The Bertz CT molecular complexity index is 1750. The first kappa shape index (κ1) is 31.8. The van der Waals surface area contributed by atoms with Crippen LogP contribution < -0.4 is 21.3 Å². The second-order valence-corrected chi connectivity index (χ2v) is 12.5. The maximum absolute atomic E-state index is 14.1. The van der Waals surface area contributed by atoms with Crippen LogP contribution in [0.5, 0.6) is 5.75 Å². The molecule has 0 spiro atoms. The Hall–Kier alpha value is -4.59. The maximum Gasteiger partial charge on any atom is 0.323 e. The third-order valence-corrected chi connectivity index (χ3v) is 9.10. The molecule has 13 nitrogen and oxygen atoms in total. The van der Waals surface area contributed by atoms with Gasteiger partial charge in [0.2, 0.25) is 5.78 Å². The van der Waals surface area contributed by atoms with Crippen molar-refractivity contribution in [2.24, 2.45) is 17.6 Å². The van der Waals surface area contributed by atoms with E-state index in [1.165, 1.54) is 25.1 Å². The van der Waals surface area contributed by atoms with Crippen molar-refractivity contribution < 1.29 is 39.6 Å². The standard InChI is InChI=1S/C31H34ClN5O8/c1-12-8-14(32)6-7-17(12)34-30(44)35-18-11-19(36(2)3)15-9-13-10-16-23(37(4)5)26(40)22(29(33)43)28(42)31(16,45)27(41)20(13)25(39)21(15)24(18)38/h6-8,11,13,16,23,38-39,42,45H,9-10H2,1-5H3,(H2,33,43)(H2,34,35,44)/t13-,16-,23-,31-/m0/s1. The predicted molar refractivity (Wildman–Crippen MR) is 167 cm³/mol. The zero-order valence-electron chi connectivity index (χ0n) is 25.2. The molecule has 2 aromatic rings. The minimum Gasteiger partial charge on any atom is -0.508 e. The molecule has 1 saturated carbocycles. The van der Waals surface area contributed by atoms with Crippen molar-refractivity contribution in [2.45, 2.75) is 31.4 Å². The summed E-state index contributed by atoms with van der Waals surface area (Å²) in [5.74, 6) is -7.54. The van der Waals surface area contributed by atoms with Crippen molar-refractivity contribution >= 4 is 57.9 Å². The number of aliphatic hydroxyl groups is 3. The number of nitrogens with two attached hydrogens (primary N) is 1. The van der Waals surface area contributed by atoms with E-state index < -0.39 is 69.8 Å². The van der Waals surface area contributed by atoms with Crippen LogP contribution in [-0.4, -0.2) is 88.7 Å². The van der Waals surface area contributed by atoms with Gasteiger partial charge in [0, 0.05) is 42.0 Å². The third-order valence-electron chi connectivity index (χ3n) is 8.86. The lowest BCUT2D eigenvalue weighted by Gasteiger charge is -2.50. The van der Waals surface area contributed by atoms with Crippen LogP contribution in [0.15, 0.2) is 41.2 Å². The topological polar surface area (TPSA) is 206 Å². The molecule has 2 aromatic carbocycles. The number of aryl methyl sites for hydroxylation is 1. The molecule has 5 rings (SSSR count). The van der Waals surface area contributed by atoms with E-state index in [1.807, 2.05) is 0 Å². The van der Waals surface area contributed by atoms with Crippen LogP contribution in [-0.2, 0) is 20.8 Å². The quantitative estimate of drug-likeness (QED) is 0.188. The van der Waals surface area contributed by atoms with Gasteiger partial charge in [-0.05, 0) is 75.2 Å². The molecule has 45 heavy (non-hydrogen) atoms. The van der Waals surface area contributed by atoms with Crippen LogP contribution in [0.1, 0.15) is 23.1 Å². The number of Topliss-reactive ketones (excluding diaryl/α,β-unsaturated/α-hetero) is 2. The van der Waals surface area contributed by atoms with E-state index in [2.05, 4.69) is 10.6 Å². The molecule has 14 heteroatoms. The number of benzene rings is 2. The van der Waals surface area contributed by atoms with Crippen LogP contribution in [0.3, 0.4) is 0 Å². The van der Waals surface area contributed by atoms with Gasteiger partial charge in [-0.15, -0.1) is 0 Å². The maximum atomic E-state index is 14.1.